The minimum absolute atomic E-state index is 0.199. The van der Waals surface area contributed by atoms with Crippen molar-refractivity contribution in [3.63, 3.8) is 0 Å². The minimum Gasteiger partial charge on any atom is -0.325 e. The first-order chi connectivity index (χ1) is 5.96. The molecule has 0 saturated heterocycles. The Labute approximate surface area is 82.5 Å². The Balaban J connectivity index is 2.16. The molecule has 13 heavy (non-hydrogen) atoms. The molecule has 2 nitrogen and oxygen atoms in total. The zero-order valence-electron chi connectivity index (χ0n) is 9.51. The Morgan fingerprint density at radius 1 is 1.46 bits per heavy atom. The van der Waals surface area contributed by atoms with Crippen LogP contribution in [0.2, 0.25) is 0 Å². The average molecular weight is 184 g/mol. The van der Waals surface area contributed by atoms with Crippen LogP contribution in [0.1, 0.15) is 33.1 Å². The predicted molar refractivity (Wildman–Crippen MR) is 57.7 cm³/mol. The summed E-state index contributed by atoms with van der Waals surface area (Å²) in [4.78, 5) is 2.23. The zero-order valence-corrected chi connectivity index (χ0v) is 9.51. The Morgan fingerprint density at radius 3 is 2.46 bits per heavy atom. The number of hydrogen-bond acceptors (Lipinski definition) is 2. The van der Waals surface area contributed by atoms with E-state index < -0.39 is 0 Å². The van der Waals surface area contributed by atoms with Crippen LogP contribution in [0, 0.1) is 11.8 Å². The normalized spacial score (nSPS) is 33.0. The van der Waals surface area contributed by atoms with Crippen LogP contribution in [0.15, 0.2) is 0 Å². The van der Waals surface area contributed by atoms with Gasteiger partial charge in [-0.3, -0.25) is 0 Å². The number of hydrogen-bond donors (Lipinski definition) is 1. The van der Waals surface area contributed by atoms with Gasteiger partial charge in [-0.15, -0.1) is 0 Å². The van der Waals surface area contributed by atoms with Gasteiger partial charge in [0.05, 0.1) is 0 Å². The maximum Gasteiger partial charge on any atom is 0.0189 e. The summed E-state index contributed by atoms with van der Waals surface area (Å²) in [5.41, 5.74) is 6.46. The second-order valence-corrected chi connectivity index (χ2v) is 5.19. The van der Waals surface area contributed by atoms with Crippen LogP contribution in [-0.4, -0.2) is 31.1 Å². The first kappa shape index (κ1) is 11.0. The van der Waals surface area contributed by atoms with Gasteiger partial charge in [-0.1, -0.05) is 13.8 Å². The van der Waals surface area contributed by atoms with Crippen molar-refractivity contribution in [2.45, 2.75) is 38.6 Å². The molecule has 2 heteroatoms. The van der Waals surface area contributed by atoms with Gasteiger partial charge in [-0.05, 0) is 51.7 Å². The highest BCUT2D eigenvalue weighted by Crippen LogP contribution is 2.49. The fraction of sp³-hybridized carbons (Fsp3) is 1.00. The Morgan fingerprint density at radius 2 is 2.08 bits per heavy atom. The lowest BCUT2D eigenvalue weighted by molar-refractivity contribution is 0.368. The quantitative estimate of drug-likeness (QED) is 0.704. The van der Waals surface area contributed by atoms with Crippen LogP contribution < -0.4 is 5.73 Å². The molecule has 1 aliphatic rings. The molecule has 1 fully saturated rings. The topological polar surface area (TPSA) is 29.3 Å². The Kier molecular flexibility index (Phi) is 3.36. The molecule has 0 spiro atoms. The maximum absolute atomic E-state index is 6.26. The lowest BCUT2D eigenvalue weighted by Gasteiger charge is -2.15. The highest BCUT2D eigenvalue weighted by Gasteiger charge is 2.51. The molecule has 0 heterocycles. The van der Waals surface area contributed by atoms with Gasteiger partial charge in [-0.25, -0.2) is 0 Å². The van der Waals surface area contributed by atoms with Crippen molar-refractivity contribution in [1.29, 1.82) is 0 Å². The van der Waals surface area contributed by atoms with Crippen LogP contribution in [0.5, 0.6) is 0 Å². The molecule has 1 saturated carbocycles. The van der Waals surface area contributed by atoms with Gasteiger partial charge in [0.25, 0.3) is 0 Å². The first-order valence-electron chi connectivity index (χ1n) is 5.39. The van der Waals surface area contributed by atoms with Crippen molar-refractivity contribution < 1.29 is 0 Å². The average Bonchev–Trinajstić information content (AvgIpc) is 2.62. The third kappa shape index (κ3) is 2.96. The van der Waals surface area contributed by atoms with Gasteiger partial charge >= 0.3 is 0 Å². The summed E-state index contributed by atoms with van der Waals surface area (Å²) in [6.45, 7) is 5.74. The number of nitrogens with two attached hydrogens (primary N) is 1. The van der Waals surface area contributed by atoms with Crippen LogP contribution in [0.25, 0.3) is 0 Å². The molecule has 1 aliphatic carbocycles. The first-order valence-corrected chi connectivity index (χ1v) is 5.39. The van der Waals surface area contributed by atoms with Gasteiger partial charge in [0.2, 0.25) is 0 Å². The smallest absolute Gasteiger partial charge is 0.0189 e. The van der Waals surface area contributed by atoms with E-state index in [-0.39, 0.29) is 5.54 Å². The molecular weight excluding hydrogens is 160 g/mol. The van der Waals surface area contributed by atoms with E-state index in [0.29, 0.717) is 0 Å². The van der Waals surface area contributed by atoms with Crippen molar-refractivity contribution >= 4 is 0 Å². The van der Waals surface area contributed by atoms with Crippen LogP contribution in [-0.2, 0) is 0 Å². The molecular formula is C11H24N2. The van der Waals surface area contributed by atoms with E-state index in [1.54, 1.807) is 0 Å². The standard InChI is InChI=1S/C11H24N2/c1-9(2)10-8-11(10,12)6-5-7-13(3)4/h9-10H,5-8,12H2,1-4H3. The Hall–Kier alpha value is -0.0800. The van der Waals surface area contributed by atoms with E-state index in [4.69, 9.17) is 5.73 Å². The predicted octanol–water partition coefficient (Wildman–Crippen LogP) is 1.70. The van der Waals surface area contributed by atoms with Crippen LogP contribution in [0.4, 0.5) is 0 Å². The third-order valence-electron chi connectivity index (χ3n) is 3.23. The summed E-state index contributed by atoms with van der Waals surface area (Å²) in [6.07, 6.45) is 3.69. The van der Waals surface area contributed by atoms with E-state index in [0.717, 1.165) is 11.8 Å². The molecule has 0 aliphatic heterocycles. The molecule has 78 valence electrons. The monoisotopic (exact) mass is 184 g/mol. The molecule has 2 N–H and O–H groups in total. The molecule has 1 rings (SSSR count). The number of nitrogens with zero attached hydrogens (tertiary/aromatic N) is 1. The molecule has 0 amide bonds. The van der Waals surface area contributed by atoms with E-state index in [1.807, 2.05) is 0 Å². The summed E-state index contributed by atoms with van der Waals surface area (Å²) >= 11 is 0. The lowest BCUT2D eigenvalue weighted by atomic mass is 10.0. The van der Waals surface area contributed by atoms with Gasteiger partial charge in [-0.2, -0.15) is 0 Å². The molecule has 0 radical (unpaired) electrons. The van der Waals surface area contributed by atoms with E-state index in [2.05, 4.69) is 32.8 Å². The summed E-state index contributed by atoms with van der Waals surface area (Å²) in [5, 5.41) is 0. The van der Waals surface area contributed by atoms with Crippen LogP contribution in [0.3, 0.4) is 0 Å². The highest BCUT2D eigenvalue weighted by molar-refractivity contribution is 5.08. The highest BCUT2D eigenvalue weighted by atomic mass is 15.0. The molecule has 0 bridgehead atoms. The van der Waals surface area contributed by atoms with Gasteiger partial charge < -0.3 is 10.6 Å². The minimum atomic E-state index is 0.199. The fourth-order valence-electron chi connectivity index (χ4n) is 2.26. The third-order valence-corrected chi connectivity index (χ3v) is 3.23. The number of rotatable bonds is 5. The molecule has 0 aromatic heterocycles. The Bertz CT molecular complexity index is 165. The maximum atomic E-state index is 6.26. The second-order valence-electron chi connectivity index (χ2n) is 5.19. The van der Waals surface area contributed by atoms with Gasteiger partial charge in [0.1, 0.15) is 0 Å². The van der Waals surface area contributed by atoms with E-state index >= 15 is 0 Å². The fourth-order valence-corrected chi connectivity index (χ4v) is 2.26. The van der Waals surface area contributed by atoms with Crippen molar-refractivity contribution in [2.24, 2.45) is 17.6 Å². The zero-order chi connectivity index (χ0) is 10.1. The molecule has 0 aromatic carbocycles. The summed E-state index contributed by atoms with van der Waals surface area (Å²) < 4.78 is 0. The second kappa shape index (κ2) is 3.97. The van der Waals surface area contributed by atoms with E-state index in [1.165, 1.54) is 25.8 Å². The molecule has 0 aromatic rings. The van der Waals surface area contributed by atoms with Crippen LogP contribution >= 0.6 is 0 Å². The van der Waals surface area contributed by atoms with Crippen molar-refractivity contribution in [2.75, 3.05) is 20.6 Å². The van der Waals surface area contributed by atoms with Crippen molar-refractivity contribution in [3.8, 4) is 0 Å². The van der Waals surface area contributed by atoms with E-state index in [9.17, 15) is 0 Å². The van der Waals surface area contributed by atoms with Crippen molar-refractivity contribution in [3.05, 3.63) is 0 Å². The molecule has 2 unspecified atom stereocenters. The summed E-state index contributed by atoms with van der Waals surface area (Å²) in [7, 11) is 4.24. The largest absolute Gasteiger partial charge is 0.325 e. The van der Waals surface area contributed by atoms with Gasteiger partial charge in [0.15, 0.2) is 0 Å². The SMILES string of the molecule is CC(C)C1CC1(N)CCCN(C)C. The molecule has 2 atom stereocenters. The van der Waals surface area contributed by atoms with Gasteiger partial charge in [0, 0.05) is 5.54 Å². The summed E-state index contributed by atoms with van der Waals surface area (Å²) in [5.74, 6) is 1.55. The summed E-state index contributed by atoms with van der Waals surface area (Å²) in [6, 6.07) is 0. The lowest BCUT2D eigenvalue weighted by Crippen LogP contribution is -2.28. The van der Waals surface area contributed by atoms with Crippen molar-refractivity contribution in [1.82, 2.24) is 4.90 Å².